The van der Waals surface area contributed by atoms with Crippen LogP contribution in [0.25, 0.3) is 11.1 Å². The third-order valence-corrected chi connectivity index (χ3v) is 3.46. The number of aromatic nitrogens is 1. The van der Waals surface area contributed by atoms with E-state index in [4.69, 9.17) is 9.26 Å². The Morgan fingerprint density at radius 2 is 1.80 bits per heavy atom. The highest BCUT2D eigenvalue weighted by Gasteiger charge is 2.15. The molecule has 3 aromatic rings. The van der Waals surface area contributed by atoms with Crippen molar-refractivity contribution in [3.8, 4) is 11.1 Å². The SMILES string of the molecule is Cc1cc(NC(=O)COC(=O)c2ccccc2-c2ccccc2)no1. The summed E-state index contributed by atoms with van der Waals surface area (Å²) in [5.41, 5.74) is 2.05. The van der Waals surface area contributed by atoms with Crippen LogP contribution in [0.5, 0.6) is 0 Å². The first-order chi connectivity index (χ1) is 12.1. The summed E-state index contributed by atoms with van der Waals surface area (Å²) in [6.45, 7) is 1.30. The molecule has 1 amide bonds. The van der Waals surface area contributed by atoms with E-state index in [1.165, 1.54) is 0 Å². The van der Waals surface area contributed by atoms with Gasteiger partial charge in [0.05, 0.1) is 5.56 Å². The summed E-state index contributed by atoms with van der Waals surface area (Å²) in [5, 5.41) is 6.14. The quantitative estimate of drug-likeness (QED) is 0.722. The van der Waals surface area contributed by atoms with Gasteiger partial charge in [0.1, 0.15) is 5.76 Å². The zero-order valence-corrected chi connectivity index (χ0v) is 13.6. The lowest BCUT2D eigenvalue weighted by atomic mass is 10.00. The minimum atomic E-state index is -0.564. The van der Waals surface area contributed by atoms with Gasteiger partial charge in [0.2, 0.25) is 0 Å². The van der Waals surface area contributed by atoms with Crippen LogP contribution in [0.4, 0.5) is 5.82 Å². The van der Waals surface area contributed by atoms with Crippen LogP contribution < -0.4 is 5.32 Å². The van der Waals surface area contributed by atoms with Gasteiger partial charge in [-0.3, -0.25) is 4.79 Å². The second-order valence-corrected chi connectivity index (χ2v) is 5.36. The van der Waals surface area contributed by atoms with Crippen molar-refractivity contribution in [3.05, 3.63) is 72.0 Å². The molecule has 0 aliphatic heterocycles. The fourth-order valence-electron chi connectivity index (χ4n) is 2.34. The number of hydrogen-bond acceptors (Lipinski definition) is 5. The van der Waals surface area contributed by atoms with Crippen LogP contribution in [-0.4, -0.2) is 23.6 Å². The summed E-state index contributed by atoms with van der Waals surface area (Å²) in [4.78, 5) is 24.2. The Balaban J connectivity index is 1.67. The molecule has 0 fully saturated rings. The van der Waals surface area contributed by atoms with Gasteiger partial charge in [0.25, 0.3) is 5.91 Å². The van der Waals surface area contributed by atoms with E-state index in [0.717, 1.165) is 11.1 Å². The molecule has 1 N–H and O–H groups in total. The molecule has 6 nitrogen and oxygen atoms in total. The first kappa shape index (κ1) is 16.4. The highest BCUT2D eigenvalue weighted by molar-refractivity contribution is 5.99. The van der Waals surface area contributed by atoms with Crippen LogP contribution in [0.2, 0.25) is 0 Å². The van der Waals surface area contributed by atoms with Crippen molar-refractivity contribution in [2.45, 2.75) is 6.92 Å². The van der Waals surface area contributed by atoms with Gasteiger partial charge in [0.15, 0.2) is 12.4 Å². The van der Waals surface area contributed by atoms with E-state index in [1.807, 2.05) is 42.5 Å². The summed E-state index contributed by atoms with van der Waals surface area (Å²) < 4.78 is 9.97. The number of anilines is 1. The van der Waals surface area contributed by atoms with Crippen molar-refractivity contribution in [1.82, 2.24) is 5.16 Å². The van der Waals surface area contributed by atoms with Gasteiger partial charge < -0.3 is 14.6 Å². The van der Waals surface area contributed by atoms with Gasteiger partial charge in [0, 0.05) is 6.07 Å². The Kier molecular flexibility index (Phi) is 4.89. The maximum absolute atomic E-state index is 12.4. The molecule has 2 aromatic carbocycles. The molecule has 6 heteroatoms. The zero-order valence-electron chi connectivity index (χ0n) is 13.6. The molecule has 0 bridgehead atoms. The molecule has 1 aromatic heterocycles. The first-order valence-electron chi connectivity index (χ1n) is 7.68. The van der Waals surface area contributed by atoms with Crippen molar-refractivity contribution in [2.75, 3.05) is 11.9 Å². The van der Waals surface area contributed by atoms with E-state index in [1.54, 1.807) is 25.1 Å². The number of esters is 1. The molecule has 25 heavy (non-hydrogen) atoms. The molecular weight excluding hydrogens is 320 g/mol. The molecule has 0 aliphatic carbocycles. The van der Waals surface area contributed by atoms with E-state index in [-0.39, 0.29) is 5.82 Å². The van der Waals surface area contributed by atoms with Crippen LogP contribution in [0.15, 0.2) is 65.2 Å². The molecule has 126 valence electrons. The second-order valence-electron chi connectivity index (χ2n) is 5.36. The smallest absolute Gasteiger partial charge is 0.339 e. The first-order valence-corrected chi connectivity index (χ1v) is 7.68. The third-order valence-electron chi connectivity index (χ3n) is 3.46. The Morgan fingerprint density at radius 3 is 2.52 bits per heavy atom. The van der Waals surface area contributed by atoms with Crippen molar-refractivity contribution in [1.29, 1.82) is 0 Å². The standard InChI is InChI=1S/C19H16N2O4/c1-13-11-17(21-25-13)20-18(22)12-24-19(23)16-10-6-5-9-15(16)14-7-3-2-4-8-14/h2-11H,12H2,1H3,(H,20,21,22). The number of carbonyl (C=O) groups excluding carboxylic acids is 2. The summed E-state index contributed by atoms with van der Waals surface area (Å²) in [6, 6.07) is 18.2. The molecular formula is C19H16N2O4. The normalized spacial score (nSPS) is 10.3. The van der Waals surface area contributed by atoms with E-state index < -0.39 is 18.5 Å². The lowest BCUT2D eigenvalue weighted by Crippen LogP contribution is -2.21. The fraction of sp³-hybridized carbons (Fsp3) is 0.105. The number of amides is 1. The van der Waals surface area contributed by atoms with E-state index in [2.05, 4.69) is 10.5 Å². The predicted octanol–water partition coefficient (Wildman–Crippen LogP) is 3.45. The Hall–Kier alpha value is -3.41. The summed E-state index contributed by atoms with van der Waals surface area (Å²) in [6.07, 6.45) is 0. The molecule has 0 saturated carbocycles. The number of benzene rings is 2. The van der Waals surface area contributed by atoms with Crippen LogP contribution >= 0.6 is 0 Å². The van der Waals surface area contributed by atoms with Crippen LogP contribution in [-0.2, 0) is 9.53 Å². The Labute approximate surface area is 144 Å². The Morgan fingerprint density at radius 1 is 1.08 bits per heavy atom. The number of carbonyl (C=O) groups is 2. The van der Waals surface area contributed by atoms with E-state index in [0.29, 0.717) is 11.3 Å². The third kappa shape index (κ3) is 4.11. The summed E-state index contributed by atoms with van der Waals surface area (Å²) in [5.74, 6) is -0.197. The van der Waals surface area contributed by atoms with Gasteiger partial charge >= 0.3 is 5.97 Å². The zero-order chi connectivity index (χ0) is 17.6. The lowest BCUT2D eigenvalue weighted by molar-refractivity contribution is -0.119. The number of nitrogens with one attached hydrogen (secondary N) is 1. The average Bonchev–Trinajstić information content (AvgIpc) is 3.05. The van der Waals surface area contributed by atoms with Crippen molar-refractivity contribution < 1.29 is 18.8 Å². The van der Waals surface area contributed by atoms with Crippen molar-refractivity contribution >= 4 is 17.7 Å². The number of rotatable bonds is 5. The molecule has 1 heterocycles. The molecule has 3 rings (SSSR count). The maximum atomic E-state index is 12.4. The predicted molar refractivity (Wildman–Crippen MR) is 92.0 cm³/mol. The van der Waals surface area contributed by atoms with E-state index >= 15 is 0 Å². The van der Waals surface area contributed by atoms with Crippen LogP contribution in [0, 0.1) is 6.92 Å². The number of ether oxygens (including phenoxy) is 1. The molecule has 0 radical (unpaired) electrons. The van der Waals surface area contributed by atoms with Gasteiger partial charge in [-0.2, -0.15) is 0 Å². The monoisotopic (exact) mass is 336 g/mol. The maximum Gasteiger partial charge on any atom is 0.339 e. The van der Waals surface area contributed by atoms with Crippen LogP contribution in [0.3, 0.4) is 0 Å². The fourth-order valence-corrected chi connectivity index (χ4v) is 2.34. The topological polar surface area (TPSA) is 81.4 Å². The minimum Gasteiger partial charge on any atom is -0.452 e. The van der Waals surface area contributed by atoms with Crippen LogP contribution in [0.1, 0.15) is 16.1 Å². The number of aryl methyl sites for hydroxylation is 1. The van der Waals surface area contributed by atoms with Gasteiger partial charge in [-0.25, -0.2) is 4.79 Å². The highest BCUT2D eigenvalue weighted by atomic mass is 16.5. The summed E-state index contributed by atoms with van der Waals surface area (Å²) >= 11 is 0. The van der Waals surface area contributed by atoms with Gasteiger partial charge in [-0.15, -0.1) is 0 Å². The molecule has 0 atom stereocenters. The van der Waals surface area contributed by atoms with Crippen molar-refractivity contribution in [3.63, 3.8) is 0 Å². The van der Waals surface area contributed by atoms with E-state index in [9.17, 15) is 9.59 Å². The van der Waals surface area contributed by atoms with Crippen molar-refractivity contribution in [2.24, 2.45) is 0 Å². The number of nitrogens with zero attached hydrogens (tertiary/aromatic N) is 1. The molecule has 0 spiro atoms. The highest BCUT2D eigenvalue weighted by Crippen LogP contribution is 2.24. The van der Waals surface area contributed by atoms with Gasteiger partial charge in [-0.1, -0.05) is 53.7 Å². The lowest BCUT2D eigenvalue weighted by Gasteiger charge is -2.09. The largest absolute Gasteiger partial charge is 0.452 e. The van der Waals surface area contributed by atoms with Gasteiger partial charge in [-0.05, 0) is 24.1 Å². The molecule has 0 aliphatic rings. The Bertz CT molecular complexity index is 887. The average molecular weight is 336 g/mol. The number of hydrogen-bond donors (Lipinski definition) is 1. The molecule has 0 unspecified atom stereocenters. The minimum absolute atomic E-state index is 0.281. The molecule has 0 saturated heterocycles. The summed E-state index contributed by atoms with van der Waals surface area (Å²) in [7, 11) is 0. The second kappa shape index (κ2) is 7.44.